The number of halogens is 1. The molecule has 0 atom stereocenters. The molecular formula is C15H9FN4S. The third-order valence-corrected chi connectivity index (χ3v) is 4.06. The smallest absolute Gasteiger partial charge is 0.212 e. The number of pyridine rings is 2. The molecule has 0 fully saturated rings. The zero-order chi connectivity index (χ0) is 14.2. The number of nitrogens with one attached hydrogen (secondary N) is 1. The van der Waals surface area contributed by atoms with Crippen molar-refractivity contribution in [3.8, 4) is 21.7 Å². The van der Waals surface area contributed by atoms with Crippen molar-refractivity contribution in [2.24, 2.45) is 0 Å². The summed E-state index contributed by atoms with van der Waals surface area (Å²) in [6.45, 7) is 0. The number of rotatable bonds is 2. The van der Waals surface area contributed by atoms with Crippen molar-refractivity contribution in [1.82, 2.24) is 19.9 Å². The van der Waals surface area contributed by atoms with E-state index >= 15 is 0 Å². The lowest BCUT2D eigenvalue weighted by Crippen LogP contribution is -1.85. The molecule has 0 saturated heterocycles. The highest BCUT2D eigenvalue weighted by Crippen LogP contribution is 2.31. The fourth-order valence-corrected chi connectivity index (χ4v) is 2.91. The summed E-state index contributed by atoms with van der Waals surface area (Å²) < 4.78 is 12.9. The molecule has 4 heterocycles. The maximum atomic E-state index is 12.9. The van der Waals surface area contributed by atoms with E-state index in [2.05, 4.69) is 19.9 Å². The molecule has 0 aliphatic carbocycles. The number of aromatic nitrogens is 4. The molecule has 0 amide bonds. The van der Waals surface area contributed by atoms with E-state index in [0.717, 1.165) is 32.7 Å². The van der Waals surface area contributed by atoms with Gasteiger partial charge in [0, 0.05) is 52.2 Å². The summed E-state index contributed by atoms with van der Waals surface area (Å²) in [5.41, 5.74) is 3.55. The first-order valence-electron chi connectivity index (χ1n) is 6.30. The van der Waals surface area contributed by atoms with Gasteiger partial charge in [-0.25, -0.2) is 15.0 Å². The maximum absolute atomic E-state index is 12.9. The molecule has 0 radical (unpaired) electrons. The predicted molar refractivity (Wildman–Crippen MR) is 80.4 cm³/mol. The highest BCUT2D eigenvalue weighted by molar-refractivity contribution is 7.13. The van der Waals surface area contributed by atoms with Crippen molar-refractivity contribution < 1.29 is 4.39 Å². The Morgan fingerprint density at radius 1 is 1.05 bits per heavy atom. The number of hydrogen-bond acceptors (Lipinski definition) is 4. The Morgan fingerprint density at radius 3 is 2.71 bits per heavy atom. The van der Waals surface area contributed by atoms with Crippen LogP contribution in [0.4, 0.5) is 4.39 Å². The normalized spacial score (nSPS) is 11.1. The molecule has 0 spiro atoms. The van der Waals surface area contributed by atoms with Crippen LogP contribution in [0.3, 0.4) is 0 Å². The Bertz CT molecular complexity index is 897. The molecule has 21 heavy (non-hydrogen) atoms. The number of nitrogens with zero attached hydrogens (tertiary/aromatic N) is 3. The molecule has 4 aromatic rings. The quantitative estimate of drug-likeness (QED) is 0.571. The molecule has 4 nitrogen and oxygen atoms in total. The van der Waals surface area contributed by atoms with Gasteiger partial charge in [-0.2, -0.15) is 4.39 Å². The van der Waals surface area contributed by atoms with Crippen molar-refractivity contribution in [1.29, 1.82) is 0 Å². The standard InChI is InChI=1S/C15H9FN4S/c16-13-2-1-9(6-18-13)10-5-11-12(15-17-3-4-21-15)8-20-14(11)19-7-10/h1-8H,(H,19,20). The Labute approximate surface area is 123 Å². The molecule has 0 aromatic carbocycles. The largest absolute Gasteiger partial charge is 0.345 e. The molecule has 4 aromatic heterocycles. The van der Waals surface area contributed by atoms with Crippen LogP contribution in [0.5, 0.6) is 0 Å². The van der Waals surface area contributed by atoms with Crippen molar-refractivity contribution in [2.75, 3.05) is 0 Å². The summed E-state index contributed by atoms with van der Waals surface area (Å²) in [4.78, 5) is 15.6. The van der Waals surface area contributed by atoms with Gasteiger partial charge in [0.25, 0.3) is 0 Å². The van der Waals surface area contributed by atoms with Crippen LogP contribution in [0.1, 0.15) is 0 Å². The van der Waals surface area contributed by atoms with Crippen LogP contribution in [0.2, 0.25) is 0 Å². The SMILES string of the molecule is Fc1ccc(-c2cnc3[nH]cc(-c4nccs4)c3c2)cn1. The lowest BCUT2D eigenvalue weighted by Gasteiger charge is -2.01. The van der Waals surface area contributed by atoms with Crippen LogP contribution in [0.15, 0.2) is 48.4 Å². The topological polar surface area (TPSA) is 54.5 Å². The fourth-order valence-electron chi connectivity index (χ4n) is 2.24. The van der Waals surface area contributed by atoms with Crippen LogP contribution < -0.4 is 0 Å². The third-order valence-electron chi connectivity index (χ3n) is 3.25. The first-order chi connectivity index (χ1) is 10.3. The van der Waals surface area contributed by atoms with Crippen LogP contribution in [-0.2, 0) is 0 Å². The molecule has 0 aliphatic heterocycles. The van der Waals surface area contributed by atoms with Gasteiger partial charge in [-0.1, -0.05) is 0 Å². The molecule has 0 saturated carbocycles. The molecule has 0 aliphatic rings. The molecular weight excluding hydrogens is 287 g/mol. The Balaban J connectivity index is 1.89. The summed E-state index contributed by atoms with van der Waals surface area (Å²) in [5, 5.41) is 3.87. The number of fused-ring (bicyclic) bond motifs is 1. The van der Waals surface area contributed by atoms with Crippen LogP contribution >= 0.6 is 11.3 Å². The molecule has 6 heteroatoms. The second kappa shape index (κ2) is 4.75. The summed E-state index contributed by atoms with van der Waals surface area (Å²) in [6.07, 6.45) is 6.94. The Kier molecular flexibility index (Phi) is 2.75. The van der Waals surface area contributed by atoms with Gasteiger partial charge in [-0.05, 0) is 18.2 Å². The van der Waals surface area contributed by atoms with Gasteiger partial charge in [-0.15, -0.1) is 11.3 Å². The van der Waals surface area contributed by atoms with Gasteiger partial charge in [0.2, 0.25) is 5.95 Å². The second-order valence-corrected chi connectivity index (χ2v) is 5.42. The molecule has 1 N–H and O–H groups in total. The first-order valence-corrected chi connectivity index (χ1v) is 7.18. The van der Waals surface area contributed by atoms with E-state index in [1.165, 1.54) is 12.3 Å². The van der Waals surface area contributed by atoms with E-state index in [1.54, 1.807) is 29.8 Å². The van der Waals surface area contributed by atoms with Crippen LogP contribution in [-0.4, -0.2) is 19.9 Å². The van der Waals surface area contributed by atoms with Gasteiger partial charge < -0.3 is 4.98 Å². The van der Waals surface area contributed by atoms with Crippen molar-refractivity contribution in [3.05, 3.63) is 54.3 Å². The van der Waals surface area contributed by atoms with E-state index in [-0.39, 0.29) is 0 Å². The van der Waals surface area contributed by atoms with E-state index in [9.17, 15) is 4.39 Å². The van der Waals surface area contributed by atoms with E-state index in [1.807, 2.05) is 17.6 Å². The summed E-state index contributed by atoms with van der Waals surface area (Å²) >= 11 is 1.58. The minimum Gasteiger partial charge on any atom is -0.345 e. The van der Waals surface area contributed by atoms with Crippen molar-refractivity contribution >= 4 is 22.4 Å². The highest BCUT2D eigenvalue weighted by Gasteiger charge is 2.10. The van der Waals surface area contributed by atoms with Crippen LogP contribution in [0.25, 0.3) is 32.7 Å². The Hall–Kier alpha value is -2.60. The summed E-state index contributed by atoms with van der Waals surface area (Å²) in [6, 6.07) is 5.06. The minimum absolute atomic E-state index is 0.488. The van der Waals surface area contributed by atoms with Crippen molar-refractivity contribution in [2.45, 2.75) is 0 Å². The van der Waals surface area contributed by atoms with Gasteiger partial charge in [-0.3, -0.25) is 0 Å². The summed E-state index contributed by atoms with van der Waals surface area (Å²) in [7, 11) is 0. The lowest BCUT2D eigenvalue weighted by atomic mass is 10.1. The summed E-state index contributed by atoms with van der Waals surface area (Å²) in [5.74, 6) is -0.488. The average Bonchev–Trinajstić information content (AvgIpc) is 3.16. The molecule has 0 unspecified atom stereocenters. The van der Waals surface area contributed by atoms with Crippen molar-refractivity contribution in [3.63, 3.8) is 0 Å². The van der Waals surface area contributed by atoms with Gasteiger partial charge >= 0.3 is 0 Å². The Morgan fingerprint density at radius 2 is 1.95 bits per heavy atom. The monoisotopic (exact) mass is 296 g/mol. The van der Waals surface area contributed by atoms with Crippen LogP contribution in [0, 0.1) is 5.95 Å². The molecule has 0 bridgehead atoms. The first kappa shape index (κ1) is 12.2. The van der Waals surface area contributed by atoms with E-state index in [4.69, 9.17) is 0 Å². The number of aromatic amines is 1. The molecule has 4 rings (SSSR count). The zero-order valence-electron chi connectivity index (χ0n) is 10.7. The molecule has 102 valence electrons. The third kappa shape index (κ3) is 2.09. The highest BCUT2D eigenvalue weighted by atomic mass is 32.1. The van der Waals surface area contributed by atoms with E-state index < -0.39 is 5.95 Å². The lowest BCUT2D eigenvalue weighted by molar-refractivity contribution is 0.584. The predicted octanol–water partition coefficient (Wildman–Crippen LogP) is 3.89. The van der Waals surface area contributed by atoms with Gasteiger partial charge in [0.1, 0.15) is 10.7 Å². The number of hydrogen-bond donors (Lipinski definition) is 1. The maximum Gasteiger partial charge on any atom is 0.212 e. The van der Waals surface area contributed by atoms with E-state index in [0.29, 0.717) is 0 Å². The van der Waals surface area contributed by atoms with Gasteiger partial charge in [0.05, 0.1) is 0 Å². The second-order valence-electron chi connectivity index (χ2n) is 4.53. The number of thiazole rings is 1. The number of H-pyrrole nitrogens is 1. The average molecular weight is 296 g/mol. The van der Waals surface area contributed by atoms with Gasteiger partial charge in [0.15, 0.2) is 0 Å². The fraction of sp³-hybridized carbons (Fsp3) is 0. The minimum atomic E-state index is -0.488. The zero-order valence-corrected chi connectivity index (χ0v) is 11.6.